The third-order valence-electron chi connectivity index (χ3n) is 4.95. The standard InChI is InChI=1S/C20H32N2O/c21-15-5-6-16-22-20(23)19-13-11-18(12-14-19)10-9-17-7-3-1-2-4-8-17/h11-14,17H,1-10,15-16,21H2,(H,22,23). The maximum atomic E-state index is 12.0. The van der Waals surface area contributed by atoms with Crippen molar-refractivity contribution in [3.8, 4) is 0 Å². The molecular weight excluding hydrogens is 284 g/mol. The van der Waals surface area contributed by atoms with E-state index in [1.165, 1.54) is 50.5 Å². The van der Waals surface area contributed by atoms with Crippen molar-refractivity contribution in [3.63, 3.8) is 0 Å². The number of hydrogen-bond donors (Lipinski definition) is 2. The van der Waals surface area contributed by atoms with Crippen LogP contribution in [0.25, 0.3) is 0 Å². The highest BCUT2D eigenvalue weighted by molar-refractivity contribution is 5.94. The number of rotatable bonds is 8. The van der Waals surface area contributed by atoms with Gasteiger partial charge in [-0.15, -0.1) is 0 Å². The van der Waals surface area contributed by atoms with Crippen molar-refractivity contribution in [3.05, 3.63) is 35.4 Å². The minimum absolute atomic E-state index is 0.0253. The van der Waals surface area contributed by atoms with E-state index < -0.39 is 0 Å². The zero-order chi connectivity index (χ0) is 16.3. The summed E-state index contributed by atoms with van der Waals surface area (Å²) in [7, 11) is 0. The number of amides is 1. The number of carbonyl (C=O) groups is 1. The highest BCUT2D eigenvalue weighted by atomic mass is 16.1. The summed E-state index contributed by atoms with van der Waals surface area (Å²) in [6.07, 6.45) is 12.8. The zero-order valence-corrected chi connectivity index (χ0v) is 14.4. The molecule has 1 aliphatic rings. The van der Waals surface area contributed by atoms with Crippen LogP contribution in [0.15, 0.2) is 24.3 Å². The summed E-state index contributed by atoms with van der Waals surface area (Å²) in [6.45, 7) is 1.39. The lowest BCUT2D eigenvalue weighted by atomic mass is 9.93. The Morgan fingerprint density at radius 1 is 1.04 bits per heavy atom. The summed E-state index contributed by atoms with van der Waals surface area (Å²) in [5.74, 6) is 0.931. The highest BCUT2D eigenvalue weighted by Crippen LogP contribution is 2.26. The van der Waals surface area contributed by atoms with Crippen LogP contribution >= 0.6 is 0 Å². The summed E-state index contributed by atoms with van der Waals surface area (Å²) in [5.41, 5.74) is 7.57. The van der Waals surface area contributed by atoms with Gasteiger partial charge in [0.25, 0.3) is 5.91 Å². The predicted octanol–water partition coefficient (Wildman–Crippen LogP) is 4.06. The van der Waals surface area contributed by atoms with Crippen molar-refractivity contribution in [1.29, 1.82) is 0 Å². The van der Waals surface area contributed by atoms with Crippen LogP contribution in [0.3, 0.4) is 0 Å². The van der Waals surface area contributed by atoms with E-state index >= 15 is 0 Å². The fourth-order valence-corrected chi connectivity index (χ4v) is 3.42. The molecule has 0 spiro atoms. The molecule has 23 heavy (non-hydrogen) atoms. The van der Waals surface area contributed by atoms with Crippen molar-refractivity contribution in [2.45, 2.75) is 64.2 Å². The number of nitrogens with one attached hydrogen (secondary N) is 1. The molecule has 1 saturated carbocycles. The first kappa shape index (κ1) is 18.0. The largest absolute Gasteiger partial charge is 0.352 e. The first-order valence-corrected chi connectivity index (χ1v) is 9.37. The summed E-state index contributed by atoms with van der Waals surface area (Å²) in [6, 6.07) is 8.15. The van der Waals surface area contributed by atoms with Crippen molar-refractivity contribution in [2.24, 2.45) is 11.7 Å². The van der Waals surface area contributed by atoms with Crippen molar-refractivity contribution < 1.29 is 4.79 Å². The first-order chi connectivity index (χ1) is 11.3. The normalized spacial score (nSPS) is 16.0. The van der Waals surface area contributed by atoms with E-state index in [2.05, 4.69) is 17.4 Å². The highest BCUT2D eigenvalue weighted by Gasteiger charge is 2.12. The second kappa shape index (κ2) is 10.4. The lowest BCUT2D eigenvalue weighted by Gasteiger charge is -2.13. The molecule has 3 heteroatoms. The van der Waals surface area contributed by atoms with Gasteiger partial charge in [0.2, 0.25) is 0 Å². The Morgan fingerprint density at radius 3 is 2.39 bits per heavy atom. The summed E-state index contributed by atoms with van der Waals surface area (Å²) in [5, 5.41) is 2.95. The molecule has 1 aliphatic carbocycles. The van der Waals surface area contributed by atoms with Crippen LogP contribution in [-0.4, -0.2) is 19.0 Å². The molecular formula is C20H32N2O. The number of aryl methyl sites for hydroxylation is 1. The second-order valence-electron chi connectivity index (χ2n) is 6.84. The molecule has 0 aliphatic heterocycles. The van der Waals surface area contributed by atoms with Crippen LogP contribution < -0.4 is 11.1 Å². The maximum Gasteiger partial charge on any atom is 0.251 e. The predicted molar refractivity (Wildman–Crippen MR) is 96.6 cm³/mol. The number of benzene rings is 1. The Balaban J connectivity index is 1.73. The van der Waals surface area contributed by atoms with Gasteiger partial charge >= 0.3 is 0 Å². The Hall–Kier alpha value is -1.35. The van der Waals surface area contributed by atoms with Crippen molar-refractivity contribution in [2.75, 3.05) is 13.1 Å². The van der Waals surface area contributed by atoms with Crippen LogP contribution in [0.4, 0.5) is 0 Å². The average Bonchev–Trinajstić information content (AvgIpc) is 2.86. The molecule has 0 atom stereocenters. The summed E-state index contributed by atoms with van der Waals surface area (Å²) in [4.78, 5) is 12.0. The topological polar surface area (TPSA) is 55.1 Å². The van der Waals surface area contributed by atoms with Gasteiger partial charge in [-0.3, -0.25) is 4.79 Å². The van der Waals surface area contributed by atoms with E-state index in [1.54, 1.807) is 0 Å². The summed E-state index contributed by atoms with van der Waals surface area (Å²) < 4.78 is 0. The summed E-state index contributed by atoms with van der Waals surface area (Å²) >= 11 is 0. The average molecular weight is 316 g/mol. The van der Waals surface area contributed by atoms with Gasteiger partial charge in [0, 0.05) is 12.1 Å². The van der Waals surface area contributed by atoms with Gasteiger partial charge in [0.05, 0.1) is 0 Å². The molecule has 3 nitrogen and oxygen atoms in total. The lowest BCUT2D eigenvalue weighted by molar-refractivity contribution is 0.0953. The van der Waals surface area contributed by atoms with Gasteiger partial charge in [0.15, 0.2) is 0 Å². The molecule has 0 unspecified atom stereocenters. The molecule has 1 fully saturated rings. The monoisotopic (exact) mass is 316 g/mol. The van der Waals surface area contributed by atoms with E-state index in [-0.39, 0.29) is 5.91 Å². The van der Waals surface area contributed by atoms with E-state index in [1.807, 2.05) is 12.1 Å². The molecule has 0 aromatic heterocycles. The van der Waals surface area contributed by atoms with Gasteiger partial charge in [-0.1, -0.05) is 50.7 Å². The molecule has 0 heterocycles. The number of nitrogens with two attached hydrogens (primary N) is 1. The van der Waals surface area contributed by atoms with Crippen molar-refractivity contribution in [1.82, 2.24) is 5.32 Å². The third-order valence-corrected chi connectivity index (χ3v) is 4.95. The van der Waals surface area contributed by atoms with Gasteiger partial charge in [-0.05, 0) is 55.8 Å². The van der Waals surface area contributed by atoms with Gasteiger partial charge in [-0.25, -0.2) is 0 Å². The number of unbranched alkanes of at least 4 members (excludes halogenated alkanes) is 1. The first-order valence-electron chi connectivity index (χ1n) is 9.37. The molecule has 1 aromatic carbocycles. The smallest absolute Gasteiger partial charge is 0.251 e. The van der Waals surface area contributed by atoms with E-state index in [0.717, 1.165) is 30.7 Å². The molecule has 1 aromatic rings. The van der Waals surface area contributed by atoms with E-state index in [9.17, 15) is 4.79 Å². The van der Waals surface area contributed by atoms with Crippen LogP contribution in [-0.2, 0) is 6.42 Å². The zero-order valence-electron chi connectivity index (χ0n) is 14.4. The Bertz CT molecular complexity index is 447. The van der Waals surface area contributed by atoms with Gasteiger partial charge in [-0.2, -0.15) is 0 Å². The third kappa shape index (κ3) is 6.74. The van der Waals surface area contributed by atoms with Crippen LogP contribution in [0.5, 0.6) is 0 Å². The molecule has 128 valence electrons. The van der Waals surface area contributed by atoms with Gasteiger partial charge in [0.1, 0.15) is 0 Å². The SMILES string of the molecule is NCCCCNC(=O)c1ccc(CCC2CCCCCC2)cc1. The minimum Gasteiger partial charge on any atom is -0.352 e. The molecule has 1 amide bonds. The fourth-order valence-electron chi connectivity index (χ4n) is 3.42. The van der Waals surface area contributed by atoms with Crippen molar-refractivity contribution >= 4 is 5.91 Å². The fraction of sp³-hybridized carbons (Fsp3) is 0.650. The molecule has 0 saturated heterocycles. The quantitative estimate of drug-likeness (QED) is 0.561. The number of hydrogen-bond acceptors (Lipinski definition) is 2. The molecule has 2 rings (SSSR count). The van der Waals surface area contributed by atoms with Crippen LogP contribution in [0.2, 0.25) is 0 Å². The van der Waals surface area contributed by atoms with Gasteiger partial charge < -0.3 is 11.1 Å². The maximum absolute atomic E-state index is 12.0. The minimum atomic E-state index is 0.0253. The molecule has 0 bridgehead atoms. The van der Waals surface area contributed by atoms with E-state index in [4.69, 9.17) is 5.73 Å². The molecule has 3 N–H and O–H groups in total. The number of carbonyl (C=O) groups excluding carboxylic acids is 1. The Labute approximate surface area is 141 Å². The second-order valence-corrected chi connectivity index (χ2v) is 6.84. The van der Waals surface area contributed by atoms with Crippen LogP contribution in [0, 0.1) is 5.92 Å². The Kier molecular flexibility index (Phi) is 8.16. The lowest BCUT2D eigenvalue weighted by Crippen LogP contribution is -2.24. The van der Waals surface area contributed by atoms with E-state index in [0.29, 0.717) is 13.1 Å². The Morgan fingerprint density at radius 2 is 1.74 bits per heavy atom. The van der Waals surface area contributed by atoms with Crippen LogP contribution in [0.1, 0.15) is 73.7 Å². The molecule has 0 radical (unpaired) electrons.